The summed E-state index contributed by atoms with van der Waals surface area (Å²) in [4.78, 5) is 12.8. The Labute approximate surface area is 165 Å². The fraction of sp³-hybridized carbons (Fsp3) is 0.273. The van der Waals surface area contributed by atoms with Crippen LogP contribution in [0, 0.1) is 13.8 Å². The van der Waals surface area contributed by atoms with E-state index in [1.165, 1.54) is 5.56 Å². The summed E-state index contributed by atoms with van der Waals surface area (Å²) in [5.74, 6) is -0.130. The van der Waals surface area contributed by atoms with Crippen LogP contribution in [0.15, 0.2) is 48.5 Å². The van der Waals surface area contributed by atoms with Crippen molar-refractivity contribution in [2.75, 3.05) is 6.54 Å². The molecule has 2 aromatic carbocycles. The number of benzene rings is 2. The first-order valence-electron chi connectivity index (χ1n) is 9.22. The highest BCUT2D eigenvalue weighted by molar-refractivity contribution is 6.33. The summed E-state index contributed by atoms with van der Waals surface area (Å²) in [6.07, 6.45) is 1.97. The number of halogens is 1. The third kappa shape index (κ3) is 4.22. The zero-order chi connectivity index (χ0) is 19.4. The molecule has 4 nitrogen and oxygen atoms in total. The number of carbonyl (C=O) groups is 1. The Morgan fingerprint density at radius 1 is 1.15 bits per heavy atom. The van der Waals surface area contributed by atoms with Gasteiger partial charge in [-0.05, 0) is 44.0 Å². The quantitative estimate of drug-likeness (QED) is 0.586. The summed E-state index contributed by atoms with van der Waals surface area (Å²) in [6, 6.07) is 15.5. The molecule has 5 heteroatoms. The van der Waals surface area contributed by atoms with E-state index in [0.29, 0.717) is 23.0 Å². The van der Waals surface area contributed by atoms with E-state index < -0.39 is 0 Å². The van der Waals surface area contributed by atoms with Crippen molar-refractivity contribution in [1.29, 1.82) is 0 Å². The van der Waals surface area contributed by atoms with E-state index in [2.05, 4.69) is 18.3 Å². The maximum Gasteiger partial charge on any atom is 0.270 e. The minimum Gasteiger partial charge on any atom is -0.351 e. The third-order valence-electron chi connectivity index (χ3n) is 4.49. The van der Waals surface area contributed by atoms with Crippen LogP contribution in [0.25, 0.3) is 16.9 Å². The molecule has 0 aliphatic carbocycles. The highest BCUT2D eigenvalue weighted by atomic mass is 35.5. The van der Waals surface area contributed by atoms with Crippen LogP contribution < -0.4 is 5.32 Å². The van der Waals surface area contributed by atoms with Crippen molar-refractivity contribution in [1.82, 2.24) is 15.1 Å². The van der Waals surface area contributed by atoms with Gasteiger partial charge in [0.1, 0.15) is 5.69 Å². The molecule has 0 unspecified atom stereocenters. The van der Waals surface area contributed by atoms with Gasteiger partial charge in [-0.1, -0.05) is 60.8 Å². The number of rotatable bonds is 6. The van der Waals surface area contributed by atoms with Crippen molar-refractivity contribution < 1.29 is 4.79 Å². The Kier molecular flexibility index (Phi) is 5.97. The molecular weight excluding hydrogens is 358 g/mol. The Hall–Kier alpha value is -2.59. The number of nitrogens with zero attached hydrogens (tertiary/aromatic N) is 2. The predicted molar refractivity (Wildman–Crippen MR) is 111 cm³/mol. The number of aromatic nitrogens is 2. The van der Waals surface area contributed by atoms with E-state index in [9.17, 15) is 4.79 Å². The van der Waals surface area contributed by atoms with Crippen molar-refractivity contribution in [3.8, 4) is 16.9 Å². The molecule has 140 valence electrons. The summed E-state index contributed by atoms with van der Waals surface area (Å²) < 4.78 is 1.72. The van der Waals surface area contributed by atoms with Gasteiger partial charge in [0.2, 0.25) is 0 Å². The van der Waals surface area contributed by atoms with Crippen molar-refractivity contribution in [2.24, 2.45) is 0 Å². The highest BCUT2D eigenvalue weighted by Gasteiger charge is 2.19. The summed E-state index contributed by atoms with van der Waals surface area (Å²) >= 11 is 6.35. The average molecular weight is 382 g/mol. The molecule has 0 spiro atoms. The second kappa shape index (κ2) is 8.40. The fourth-order valence-corrected chi connectivity index (χ4v) is 3.27. The maximum absolute atomic E-state index is 12.8. The van der Waals surface area contributed by atoms with Crippen LogP contribution in [0.1, 0.15) is 41.4 Å². The zero-order valence-corrected chi connectivity index (χ0v) is 16.7. The lowest BCUT2D eigenvalue weighted by Crippen LogP contribution is -2.26. The molecule has 0 radical (unpaired) electrons. The number of nitrogens with one attached hydrogen (secondary N) is 1. The van der Waals surface area contributed by atoms with Crippen molar-refractivity contribution in [2.45, 2.75) is 33.6 Å². The summed E-state index contributed by atoms with van der Waals surface area (Å²) in [5, 5.41) is 8.32. The fourth-order valence-electron chi connectivity index (χ4n) is 3.04. The standard InChI is InChI=1S/C22H24ClN3O/c1-4-5-12-24-22(27)21-14-19(17-8-6-7-9-18(17)23)25-26(21)20-11-10-15(2)13-16(20)3/h6-11,13-14H,4-5,12H2,1-3H3,(H,24,27). The Morgan fingerprint density at radius 2 is 1.93 bits per heavy atom. The smallest absolute Gasteiger partial charge is 0.270 e. The second-order valence-corrected chi connectivity index (χ2v) is 7.11. The van der Waals surface area contributed by atoms with Crippen molar-refractivity contribution in [3.05, 3.63) is 70.4 Å². The molecule has 0 saturated carbocycles. The van der Waals surface area contributed by atoms with E-state index in [-0.39, 0.29) is 5.91 Å². The molecule has 0 atom stereocenters. The monoisotopic (exact) mass is 381 g/mol. The number of amides is 1. The van der Waals surface area contributed by atoms with Gasteiger partial charge >= 0.3 is 0 Å². The summed E-state index contributed by atoms with van der Waals surface area (Å²) in [7, 11) is 0. The van der Waals surface area contributed by atoms with Gasteiger partial charge < -0.3 is 5.32 Å². The van der Waals surface area contributed by atoms with E-state index >= 15 is 0 Å². The van der Waals surface area contributed by atoms with E-state index in [0.717, 1.165) is 29.7 Å². The molecule has 0 fully saturated rings. The van der Waals surface area contributed by atoms with Crippen molar-refractivity contribution in [3.63, 3.8) is 0 Å². The van der Waals surface area contributed by atoms with Gasteiger partial charge in [0, 0.05) is 12.1 Å². The predicted octanol–water partition coefficient (Wildman–Crippen LogP) is 5.34. The van der Waals surface area contributed by atoms with Crippen LogP contribution in [0.2, 0.25) is 5.02 Å². The van der Waals surface area contributed by atoms with Gasteiger partial charge in [0.25, 0.3) is 5.91 Å². The Morgan fingerprint density at radius 3 is 2.63 bits per heavy atom. The normalized spacial score (nSPS) is 10.8. The zero-order valence-electron chi connectivity index (χ0n) is 15.9. The minimum atomic E-state index is -0.130. The summed E-state index contributed by atoms with van der Waals surface area (Å²) in [6.45, 7) is 6.82. The van der Waals surface area contributed by atoms with Gasteiger partial charge in [0.15, 0.2) is 0 Å². The molecular formula is C22H24ClN3O. The first-order chi connectivity index (χ1) is 13.0. The topological polar surface area (TPSA) is 46.9 Å². The van der Waals surface area contributed by atoms with Gasteiger partial charge in [-0.15, -0.1) is 0 Å². The molecule has 1 heterocycles. The van der Waals surface area contributed by atoms with E-state index in [4.69, 9.17) is 16.7 Å². The van der Waals surface area contributed by atoms with Gasteiger partial charge in [-0.3, -0.25) is 4.79 Å². The third-order valence-corrected chi connectivity index (χ3v) is 4.82. The lowest BCUT2D eigenvalue weighted by atomic mass is 10.1. The molecule has 27 heavy (non-hydrogen) atoms. The molecule has 0 bridgehead atoms. The maximum atomic E-state index is 12.8. The number of hydrogen-bond donors (Lipinski definition) is 1. The molecule has 0 saturated heterocycles. The molecule has 0 aliphatic rings. The molecule has 1 N–H and O–H groups in total. The molecule has 1 aromatic heterocycles. The van der Waals surface area contributed by atoms with E-state index in [1.807, 2.05) is 56.3 Å². The number of hydrogen-bond acceptors (Lipinski definition) is 2. The van der Waals surface area contributed by atoms with Gasteiger partial charge in [0.05, 0.1) is 16.4 Å². The van der Waals surface area contributed by atoms with Crippen molar-refractivity contribution >= 4 is 17.5 Å². The first kappa shape index (κ1) is 19.2. The minimum absolute atomic E-state index is 0.130. The molecule has 3 aromatic rings. The lowest BCUT2D eigenvalue weighted by molar-refractivity contribution is 0.0945. The largest absolute Gasteiger partial charge is 0.351 e. The molecule has 0 aliphatic heterocycles. The van der Waals surface area contributed by atoms with Crippen LogP contribution in [0.3, 0.4) is 0 Å². The first-order valence-corrected chi connectivity index (χ1v) is 9.60. The Bertz CT molecular complexity index is 962. The number of unbranched alkanes of at least 4 members (excludes halogenated alkanes) is 1. The Balaban J connectivity index is 2.09. The average Bonchev–Trinajstić information content (AvgIpc) is 3.07. The highest BCUT2D eigenvalue weighted by Crippen LogP contribution is 2.29. The molecule has 1 amide bonds. The molecule has 3 rings (SSSR count). The summed E-state index contributed by atoms with van der Waals surface area (Å²) in [5.41, 5.74) is 5.12. The second-order valence-electron chi connectivity index (χ2n) is 6.71. The SMILES string of the molecule is CCCCNC(=O)c1cc(-c2ccccc2Cl)nn1-c1ccc(C)cc1C. The van der Waals surface area contributed by atoms with Crippen LogP contribution in [-0.2, 0) is 0 Å². The van der Waals surface area contributed by atoms with Crippen LogP contribution in [0.4, 0.5) is 0 Å². The van der Waals surface area contributed by atoms with Gasteiger partial charge in [-0.2, -0.15) is 5.10 Å². The lowest BCUT2D eigenvalue weighted by Gasteiger charge is -2.11. The van der Waals surface area contributed by atoms with Gasteiger partial charge in [-0.25, -0.2) is 4.68 Å². The number of carbonyl (C=O) groups excluding carboxylic acids is 1. The van der Waals surface area contributed by atoms with Crippen LogP contribution in [0.5, 0.6) is 0 Å². The van der Waals surface area contributed by atoms with E-state index in [1.54, 1.807) is 4.68 Å². The van der Waals surface area contributed by atoms with Crippen LogP contribution >= 0.6 is 11.6 Å². The number of aryl methyl sites for hydroxylation is 2. The van der Waals surface area contributed by atoms with Crippen LogP contribution in [-0.4, -0.2) is 22.2 Å².